The summed E-state index contributed by atoms with van der Waals surface area (Å²) in [6.07, 6.45) is 3.75. The second-order valence-corrected chi connectivity index (χ2v) is 4.59. The van der Waals surface area contributed by atoms with Crippen molar-refractivity contribution in [3.63, 3.8) is 0 Å². The smallest absolute Gasteiger partial charge is 0.335 e. The summed E-state index contributed by atoms with van der Waals surface area (Å²) >= 11 is 0. The van der Waals surface area contributed by atoms with E-state index in [1.54, 1.807) is 31.4 Å². The number of rotatable bonds is 4. The van der Waals surface area contributed by atoms with E-state index >= 15 is 0 Å². The molecule has 1 heterocycles. The number of carbonyl (C=O) groups is 1. The first kappa shape index (κ1) is 11.8. The van der Waals surface area contributed by atoms with Crippen LogP contribution in [0.1, 0.15) is 29.1 Å². The van der Waals surface area contributed by atoms with E-state index in [1.807, 2.05) is 0 Å². The maximum atomic E-state index is 11.0. The van der Waals surface area contributed by atoms with Crippen LogP contribution in [0.15, 0.2) is 28.9 Å². The Kier molecular flexibility index (Phi) is 2.74. The van der Waals surface area contributed by atoms with E-state index in [-0.39, 0.29) is 11.7 Å². The predicted molar refractivity (Wildman–Crippen MR) is 67.3 cm³/mol. The minimum absolute atomic E-state index is 0.191. The summed E-state index contributed by atoms with van der Waals surface area (Å²) < 4.78 is 11.0. The van der Waals surface area contributed by atoms with Crippen molar-refractivity contribution in [2.75, 3.05) is 0 Å². The lowest BCUT2D eigenvalue weighted by Gasteiger charge is -2.10. The van der Waals surface area contributed by atoms with Crippen LogP contribution < -0.4 is 4.74 Å². The average Bonchev–Trinajstić information content (AvgIpc) is 3.09. The van der Waals surface area contributed by atoms with Gasteiger partial charge in [-0.15, -0.1) is 0 Å². The average molecular weight is 259 g/mol. The van der Waals surface area contributed by atoms with Gasteiger partial charge in [0.15, 0.2) is 5.89 Å². The van der Waals surface area contributed by atoms with E-state index in [0.29, 0.717) is 17.3 Å². The van der Waals surface area contributed by atoms with Crippen LogP contribution in [-0.2, 0) is 0 Å². The Morgan fingerprint density at radius 3 is 2.84 bits per heavy atom. The summed E-state index contributed by atoms with van der Waals surface area (Å²) in [5.74, 6) is 0.147. The Labute approximate surface area is 109 Å². The molecule has 1 N–H and O–H groups in total. The highest BCUT2D eigenvalue weighted by atomic mass is 16.5. The summed E-state index contributed by atoms with van der Waals surface area (Å²) in [7, 11) is 0. The molecule has 0 saturated heterocycles. The second-order valence-electron chi connectivity index (χ2n) is 4.59. The van der Waals surface area contributed by atoms with Crippen LogP contribution in [0.4, 0.5) is 0 Å². The Morgan fingerprint density at radius 2 is 2.26 bits per heavy atom. The van der Waals surface area contributed by atoms with Gasteiger partial charge in [0, 0.05) is 12.5 Å². The van der Waals surface area contributed by atoms with E-state index in [2.05, 4.69) is 4.98 Å². The summed E-state index contributed by atoms with van der Waals surface area (Å²) in [5, 5.41) is 9.03. The number of carboxylic acid groups (broad SMARTS) is 1. The molecule has 0 unspecified atom stereocenters. The highest BCUT2D eigenvalue weighted by molar-refractivity contribution is 5.89. The minimum Gasteiger partial charge on any atom is -0.490 e. The topological polar surface area (TPSA) is 72.6 Å². The molecule has 0 spiro atoms. The number of hydrogen-bond donors (Lipinski definition) is 1. The number of aromatic carboxylic acids is 1. The van der Waals surface area contributed by atoms with E-state index < -0.39 is 5.97 Å². The highest BCUT2D eigenvalue weighted by Crippen LogP contribution is 2.35. The van der Waals surface area contributed by atoms with Gasteiger partial charge in [0.2, 0.25) is 0 Å². The zero-order valence-electron chi connectivity index (χ0n) is 10.4. The highest BCUT2D eigenvalue weighted by Gasteiger charge is 2.25. The number of hydrogen-bond acceptors (Lipinski definition) is 4. The third-order valence-corrected chi connectivity index (χ3v) is 2.94. The van der Waals surface area contributed by atoms with Gasteiger partial charge in [0.25, 0.3) is 0 Å². The van der Waals surface area contributed by atoms with E-state index in [0.717, 1.165) is 18.4 Å². The first-order valence-electron chi connectivity index (χ1n) is 6.10. The SMILES string of the molecule is Cc1nc(-c2ccc(C(=O)O)cc2OC2CC2)co1. The number of carboxylic acids is 1. The van der Waals surface area contributed by atoms with Crippen LogP contribution in [0.5, 0.6) is 5.75 Å². The summed E-state index contributed by atoms with van der Waals surface area (Å²) in [6.45, 7) is 1.76. The first-order chi connectivity index (χ1) is 9.13. The van der Waals surface area contributed by atoms with Crippen molar-refractivity contribution in [3.05, 3.63) is 35.9 Å². The lowest BCUT2D eigenvalue weighted by molar-refractivity contribution is 0.0696. The molecule has 1 aliphatic carbocycles. The van der Waals surface area contributed by atoms with Gasteiger partial charge in [-0.1, -0.05) is 0 Å². The van der Waals surface area contributed by atoms with Gasteiger partial charge < -0.3 is 14.3 Å². The van der Waals surface area contributed by atoms with Crippen LogP contribution in [0.2, 0.25) is 0 Å². The molecule has 98 valence electrons. The first-order valence-corrected chi connectivity index (χ1v) is 6.10. The van der Waals surface area contributed by atoms with Gasteiger partial charge in [-0.25, -0.2) is 9.78 Å². The number of oxazole rings is 1. The molecular formula is C14H13NO4. The molecular weight excluding hydrogens is 246 g/mol. The lowest BCUT2D eigenvalue weighted by Crippen LogP contribution is -2.02. The molecule has 1 aromatic heterocycles. The zero-order chi connectivity index (χ0) is 13.4. The number of nitrogens with zero attached hydrogens (tertiary/aromatic N) is 1. The number of aryl methyl sites for hydroxylation is 1. The van der Waals surface area contributed by atoms with Crippen molar-refractivity contribution in [1.29, 1.82) is 0 Å². The third-order valence-electron chi connectivity index (χ3n) is 2.94. The molecule has 0 aliphatic heterocycles. The molecule has 2 aromatic rings. The Balaban J connectivity index is 2.03. The molecule has 5 heteroatoms. The van der Waals surface area contributed by atoms with Crippen LogP contribution in [0, 0.1) is 6.92 Å². The zero-order valence-corrected chi connectivity index (χ0v) is 10.4. The van der Waals surface area contributed by atoms with Crippen LogP contribution in [0.3, 0.4) is 0 Å². The Morgan fingerprint density at radius 1 is 1.47 bits per heavy atom. The maximum Gasteiger partial charge on any atom is 0.335 e. The predicted octanol–water partition coefficient (Wildman–Crippen LogP) is 2.89. The number of benzene rings is 1. The molecule has 0 amide bonds. The molecule has 1 aromatic carbocycles. The molecule has 5 nitrogen and oxygen atoms in total. The van der Waals surface area contributed by atoms with Crippen LogP contribution in [0.25, 0.3) is 11.3 Å². The van der Waals surface area contributed by atoms with Crippen molar-refractivity contribution >= 4 is 5.97 Å². The lowest BCUT2D eigenvalue weighted by atomic mass is 10.1. The van der Waals surface area contributed by atoms with Gasteiger partial charge in [-0.2, -0.15) is 0 Å². The molecule has 1 saturated carbocycles. The fourth-order valence-corrected chi connectivity index (χ4v) is 1.82. The molecule has 19 heavy (non-hydrogen) atoms. The normalized spacial score (nSPS) is 14.4. The number of ether oxygens (including phenoxy) is 1. The summed E-state index contributed by atoms with van der Waals surface area (Å²) in [6, 6.07) is 4.79. The van der Waals surface area contributed by atoms with Crippen molar-refractivity contribution in [1.82, 2.24) is 4.98 Å². The van der Waals surface area contributed by atoms with E-state index in [1.165, 1.54) is 0 Å². The third kappa shape index (κ3) is 2.45. The van der Waals surface area contributed by atoms with Crippen molar-refractivity contribution < 1.29 is 19.1 Å². The second kappa shape index (κ2) is 4.42. The van der Waals surface area contributed by atoms with Crippen molar-refractivity contribution in [2.24, 2.45) is 0 Å². The quantitative estimate of drug-likeness (QED) is 0.913. The van der Waals surface area contributed by atoms with Gasteiger partial charge in [0.1, 0.15) is 17.7 Å². The largest absolute Gasteiger partial charge is 0.490 e. The molecule has 0 atom stereocenters. The van der Waals surface area contributed by atoms with Crippen LogP contribution >= 0.6 is 0 Å². The molecule has 1 fully saturated rings. The Bertz CT molecular complexity index is 628. The Hall–Kier alpha value is -2.30. The molecule has 3 rings (SSSR count). The summed E-state index contributed by atoms with van der Waals surface area (Å²) in [4.78, 5) is 15.3. The van der Waals surface area contributed by atoms with Gasteiger partial charge in [-0.05, 0) is 31.0 Å². The minimum atomic E-state index is -0.969. The number of aromatic nitrogens is 1. The fraction of sp³-hybridized carbons (Fsp3) is 0.286. The van der Waals surface area contributed by atoms with Crippen LogP contribution in [-0.4, -0.2) is 22.2 Å². The maximum absolute atomic E-state index is 11.0. The van der Waals surface area contributed by atoms with Crippen molar-refractivity contribution in [3.8, 4) is 17.0 Å². The van der Waals surface area contributed by atoms with E-state index in [4.69, 9.17) is 14.3 Å². The summed E-state index contributed by atoms with van der Waals surface area (Å²) in [5.41, 5.74) is 1.62. The van der Waals surface area contributed by atoms with Gasteiger partial charge in [0.05, 0.1) is 11.7 Å². The van der Waals surface area contributed by atoms with Gasteiger partial charge >= 0.3 is 5.97 Å². The molecule has 1 aliphatic rings. The fourth-order valence-electron chi connectivity index (χ4n) is 1.82. The monoisotopic (exact) mass is 259 g/mol. The van der Waals surface area contributed by atoms with E-state index in [9.17, 15) is 4.79 Å². The molecule has 0 bridgehead atoms. The standard InChI is InChI=1S/C14H13NO4/c1-8-15-12(7-18-8)11-5-2-9(14(16)17)6-13(11)19-10-3-4-10/h2,5-7,10H,3-4H2,1H3,(H,16,17). The molecule has 0 radical (unpaired) electrons. The van der Waals surface area contributed by atoms with Crippen molar-refractivity contribution in [2.45, 2.75) is 25.9 Å². The van der Waals surface area contributed by atoms with Gasteiger partial charge in [-0.3, -0.25) is 0 Å².